The van der Waals surface area contributed by atoms with Crippen LogP contribution in [0.25, 0.3) is 0 Å². The van der Waals surface area contributed by atoms with Crippen LogP contribution in [-0.4, -0.2) is 24.5 Å². The van der Waals surface area contributed by atoms with Crippen LogP contribution in [0.4, 0.5) is 5.69 Å². The summed E-state index contributed by atoms with van der Waals surface area (Å²) in [6.45, 7) is 0.296. The topological polar surface area (TPSA) is 77.2 Å². The second-order valence-electron chi connectivity index (χ2n) is 4.70. The van der Waals surface area contributed by atoms with Crippen molar-refractivity contribution in [1.82, 2.24) is 4.98 Å². The number of methoxy groups -OCH3 is 1. The predicted octanol–water partition coefficient (Wildman–Crippen LogP) is 1.85. The summed E-state index contributed by atoms with van der Waals surface area (Å²) >= 11 is 0. The molecule has 0 radical (unpaired) electrons. The molecule has 110 valence electrons. The van der Waals surface area contributed by atoms with Gasteiger partial charge in [-0.2, -0.15) is 0 Å². The van der Waals surface area contributed by atoms with Gasteiger partial charge in [-0.25, -0.2) is 4.98 Å². The van der Waals surface area contributed by atoms with E-state index < -0.39 is 0 Å². The van der Waals surface area contributed by atoms with Gasteiger partial charge < -0.3 is 15.8 Å². The summed E-state index contributed by atoms with van der Waals surface area (Å²) < 4.78 is 4.98. The number of hydrogen-bond donors (Lipinski definition) is 2. The van der Waals surface area contributed by atoms with Crippen molar-refractivity contribution in [2.45, 2.75) is 6.42 Å². The number of hydrogen-bond acceptors (Lipinski definition) is 4. The minimum atomic E-state index is -0.269. The van der Waals surface area contributed by atoms with Crippen LogP contribution in [0.3, 0.4) is 0 Å². The van der Waals surface area contributed by atoms with Crippen LogP contribution < -0.4 is 15.8 Å². The molecule has 1 aromatic carbocycles. The molecule has 0 aliphatic carbocycles. The Morgan fingerprint density at radius 1 is 1.29 bits per heavy atom. The summed E-state index contributed by atoms with van der Waals surface area (Å²) in [5.41, 5.74) is 7.45. The van der Waals surface area contributed by atoms with Crippen molar-refractivity contribution >= 4 is 11.6 Å². The van der Waals surface area contributed by atoms with E-state index in [-0.39, 0.29) is 11.8 Å². The van der Waals surface area contributed by atoms with Gasteiger partial charge in [-0.1, -0.05) is 30.3 Å². The maximum Gasteiger partial charge on any atom is 0.229 e. The Morgan fingerprint density at radius 2 is 2.05 bits per heavy atom. The van der Waals surface area contributed by atoms with E-state index in [0.717, 1.165) is 5.56 Å². The van der Waals surface area contributed by atoms with E-state index in [4.69, 9.17) is 10.5 Å². The van der Waals surface area contributed by atoms with E-state index in [1.54, 1.807) is 25.4 Å². The lowest BCUT2D eigenvalue weighted by molar-refractivity contribution is -0.119. The van der Waals surface area contributed by atoms with E-state index in [0.29, 0.717) is 24.5 Å². The Balaban J connectivity index is 1.99. The Bertz CT molecular complexity index is 570. The first-order valence-electron chi connectivity index (χ1n) is 6.78. The first-order chi connectivity index (χ1) is 10.2. The number of carbonyl (C=O) groups is 1. The first-order valence-corrected chi connectivity index (χ1v) is 6.78. The van der Waals surface area contributed by atoms with Crippen molar-refractivity contribution in [2.75, 3.05) is 19.0 Å². The Morgan fingerprint density at radius 3 is 2.62 bits per heavy atom. The molecule has 0 saturated heterocycles. The molecule has 0 aliphatic heterocycles. The molecule has 1 heterocycles. The molecule has 5 nitrogen and oxygen atoms in total. The molecule has 1 atom stereocenters. The maximum atomic E-state index is 12.3. The van der Waals surface area contributed by atoms with Gasteiger partial charge in [0.1, 0.15) is 0 Å². The Kier molecular flexibility index (Phi) is 5.29. The van der Waals surface area contributed by atoms with Gasteiger partial charge in [-0.15, -0.1) is 0 Å². The molecule has 3 N–H and O–H groups in total. The highest BCUT2D eigenvalue weighted by Gasteiger charge is 2.17. The SMILES string of the molecule is COc1ccc(NC(=O)C(CN)Cc2ccccc2)cn1. The molecule has 2 rings (SSSR count). The molecular weight excluding hydrogens is 266 g/mol. The van der Waals surface area contributed by atoms with Crippen LogP contribution in [0.15, 0.2) is 48.7 Å². The van der Waals surface area contributed by atoms with Gasteiger partial charge in [0.2, 0.25) is 11.8 Å². The number of nitrogens with zero attached hydrogens (tertiary/aromatic N) is 1. The minimum absolute atomic E-state index is 0.103. The normalized spacial score (nSPS) is 11.7. The number of nitrogens with two attached hydrogens (primary N) is 1. The second kappa shape index (κ2) is 7.40. The third-order valence-electron chi connectivity index (χ3n) is 3.19. The number of rotatable bonds is 6. The van der Waals surface area contributed by atoms with E-state index >= 15 is 0 Å². The highest BCUT2D eigenvalue weighted by Crippen LogP contribution is 2.14. The fourth-order valence-corrected chi connectivity index (χ4v) is 2.00. The summed E-state index contributed by atoms with van der Waals surface area (Å²) in [7, 11) is 1.55. The van der Waals surface area contributed by atoms with E-state index in [1.165, 1.54) is 0 Å². The monoisotopic (exact) mass is 285 g/mol. The van der Waals surface area contributed by atoms with Crippen LogP contribution in [0.2, 0.25) is 0 Å². The van der Waals surface area contributed by atoms with Gasteiger partial charge in [0, 0.05) is 12.6 Å². The van der Waals surface area contributed by atoms with Crippen molar-refractivity contribution < 1.29 is 9.53 Å². The van der Waals surface area contributed by atoms with Crippen molar-refractivity contribution in [3.63, 3.8) is 0 Å². The molecule has 0 spiro atoms. The maximum absolute atomic E-state index is 12.3. The average Bonchev–Trinajstić information content (AvgIpc) is 2.54. The highest BCUT2D eigenvalue weighted by atomic mass is 16.5. The van der Waals surface area contributed by atoms with E-state index in [9.17, 15) is 4.79 Å². The number of ether oxygens (including phenoxy) is 1. The number of aromatic nitrogens is 1. The fourth-order valence-electron chi connectivity index (χ4n) is 2.00. The van der Waals surface area contributed by atoms with Crippen molar-refractivity contribution in [1.29, 1.82) is 0 Å². The third-order valence-corrected chi connectivity index (χ3v) is 3.19. The number of pyridine rings is 1. The number of benzene rings is 1. The Labute approximate surface area is 124 Å². The lowest BCUT2D eigenvalue weighted by Crippen LogP contribution is -2.31. The zero-order valence-corrected chi connectivity index (χ0v) is 12.0. The van der Waals surface area contributed by atoms with Crippen LogP contribution in [0, 0.1) is 5.92 Å². The molecule has 1 amide bonds. The second-order valence-corrected chi connectivity index (χ2v) is 4.70. The lowest BCUT2D eigenvalue weighted by atomic mass is 9.98. The smallest absolute Gasteiger partial charge is 0.229 e. The van der Waals surface area contributed by atoms with Crippen LogP contribution in [-0.2, 0) is 11.2 Å². The van der Waals surface area contributed by atoms with E-state index in [2.05, 4.69) is 10.3 Å². The minimum Gasteiger partial charge on any atom is -0.481 e. The molecule has 0 bridgehead atoms. The molecule has 0 fully saturated rings. The number of carbonyl (C=O) groups excluding carboxylic acids is 1. The van der Waals surface area contributed by atoms with E-state index in [1.807, 2.05) is 30.3 Å². The first kappa shape index (κ1) is 15.0. The van der Waals surface area contributed by atoms with Crippen LogP contribution in [0.5, 0.6) is 5.88 Å². The summed E-state index contributed by atoms with van der Waals surface area (Å²) in [6.07, 6.45) is 2.18. The summed E-state index contributed by atoms with van der Waals surface area (Å²) in [6, 6.07) is 13.3. The van der Waals surface area contributed by atoms with Gasteiger partial charge in [-0.3, -0.25) is 4.79 Å². The standard InChI is InChI=1S/C16H19N3O2/c1-21-15-8-7-14(11-18-15)19-16(20)13(10-17)9-12-5-3-2-4-6-12/h2-8,11,13H,9-10,17H2,1H3,(H,19,20). The number of nitrogens with one attached hydrogen (secondary N) is 1. The quantitative estimate of drug-likeness (QED) is 0.849. The van der Waals surface area contributed by atoms with Gasteiger partial charge in [0.25, 0.3) is 0 Å². The van der Waals surface area contributed by atoms with Gasteiger partial charge in [0.05, 0.1) is 24.9 Å². The van der Waals surface area contributed by atoms with Gasteiger partial charge in [-0.05, 0) is 18.1 Å². The highest BCUT2D eigenvalue weighted by molar-refractivity contribution is 5.92. The third kappa shape index (κ3) is 4.29. The Hall–Kier alpha value is -2.40. The van der Waals surface area contributed by atoms with Gasteiger partial charge >= 0.3 is 0 Å². The zero-order chi connectivity index (χ0) is 15.1. The summed E-state index contributed by atoms with van der Waals surface area (Å²) in [5, 5.41) is 2.83. The molecule has 1 aromatic heterocycles. The van der Waals surface area contributed by atoms with Crippen molar-refractivity contribution in [3.8, 4) is 5.88 Å². The molecule has 0 aliphatic rings. The molecule has 5 heteroatoms. The van der Waals surface area contributed by atoms with Crippen LogP contribution in [0.1, 0.15) is 5.56 Å². The molecule has 2 aromatic rings. The van der Waals surface area contributed by atoms with Crippen molar-refractivity contribution in [2.24, 2.45) is 11.7 Å². The fraction of sp³-hybridized carbons (Fsp3) is 0.250. The lowest BCUT2D eigenvalue weighted by Gasteiger charge is -2.15. The summed E-state index contributed by atoms with van der Waals surface area (Å²) in [4.78, 5) is 16.3. The molecule has 21 heavy (non-hydrogen) atoms. The number of amides is 1. The molecule has 0 saturated carbocycles. The zero-order valence-electron chi connectivity index (χ0n) is 12.0. The van der Waals surface area contributed by atoms with Crippen LogP contribution >= 0.6 is 0 Å². The number of anilines is 1. The average molecular weight is 285 g/mol. The largest absolute Gasteiger partial charge is 0.481 e. The predicted molar refractivity (Wildman–Crippen MR) is 82.1 cm³/mol. The van der Waals surface area contributed by atoms with Crippen molar-refractivity contribution in [3.05, 3.63) is 54.2 Å². The molecule has 1 unspecified atom stereocenters. The molecular formula is C16H19N3O2. The van der Waals surface area contributed by atoms with Gasteiger partial charge in [0.15, 0.2) is 0 Å². The summed E-state index contributed by atoms with van der Waals surface area (Å²) in [5.74, 6) is 0.135.